The van der Waals surface area contributed by atoms with Crippen LogP contribution in [0.2, 0.25) is 0 Å². The fourth-order valence-corrected chi connectivity index (χ4v) is 2.11. The van der Waals surface area contributed by atoms with Gasteiger partial charge in [0.25, 0.3) is 0 Å². The number of hydrogen-bond acceptors (Lipinski definition) is 3. The number of rotatable bonds is 6. The molecule has 0 aliphatic heterocycles. The zero-order chi connectivity index (χ0) is 18.4. The van der Waals surface area contributed by atoms with Gasteiger partial charge in [0.2, 0.25) is 5.91 Å². The van der Waals surface area contributed by atoms with Crippen molar-refractivity contribution in [3.8, 4) is 5.75 Å². The molecule has 2 aromatic carbocycles. The number of anilines is 1. The minimum absolute atomic E-state index is 0.0432. The van der Waals surface area contributed by atoms with Crippen molar-refractivity contribution in [3.63, 3.8) is 0 Å². The van der Waals surface area contributed by atoms with Crippen molar-refractivity contribution < 1.29 is 32.2 Å². The second-order valence-electron chi connectivity index (χ2n) is 5.23. The summed E-state index contributed by atoms with van der Waals surface area (Å²) in [7, 11) is 0. The van der Waals surface area contributed by atoms with Gasteiger partial charge in [-0.25, -0.2) is 4.39 Å². The van der Waals surface area contributed by atoms with Crippen molar-refractivity contribution in [2.24, 2.45) is 0 Å². The van der Waals surface area contributed by atoms with E-state index in [9.17, 15) is 27.5 Å². The highest BCUT2D eigenvalue weighted by Gasteiger charge is 2.30. The highest BCUT2D eigenvalue weighted by atomic mass is 19.4. The van der Waals surface area contributed by atoms with Gasteiger partial charge in [-0.1, -0.05) is 12.1 Å². The van der Waals surface area contributed by atoms with Gasteiger partial charge in [0.15, 0.2) is 0 Å². The first-order valence-corrected chi connectivity index (χ1v) is 7.32. The molecule has 25 heavy (non-hydrogen) atoms. The number of carbonyl (C=O) groups is 1. The van der Waals surface area contributed by atoms with E-state index in [1.165, 1.54) is 30.3 Å². The maximum Gasteiger partial charge on any atom is 0.573 e. The van der Waals surface area contributed by atoms with E-state index in [0.717, 1.165) is 12.1 Å². The molecule has 0 aliphatic carbocycles. The van der Waals surface area contributed by atoms with Crippen LogP contribution in [-0.4, -0.2) is 17.4 Å². The Hall–Kier alpha value is -2.61. The van der Waals surface area contributed by atoms with Crippen molar-refractivity contribution >= 4 is 11.6 Å². The highest BCUT2D eigenvalue weighted by molar-refractivity contribution is 5.90. The highest BCUT2D eigenvalue weighted by Crippen LogP contribution is 2.24. The summed E-state index contributed by atoms with van der Waals surface area (Å²) in [6.45, 7) is 0. The van der Waals surface area contributed by atoms with Gasteiger partial charge >= 0.3 is 6.36 Å². The zero-order valence-electron chi connectivity index (χ0n) is 12.9. The maximum absolute atomic E-state index is 13.1. The molecule has 0 bridgehead atoms. The number of aliphatic hydroxyl groups is 1. The van der Waals surface area contributed by atoms with Gasteiger partial charge in [0, 0.05) is 12.1 Å². The molecule has 0 spiro atoms. The Bertz CT molecular complexity index is 717. The minimum Gasteiger partial charge on any atom is -0.406 e. The molecular formula is C17H15F4NO3. The van der Waals surface area contributed by atoms with Crippen molar-refractivity contribution in [3.05, 3.63) is 59.9 Å². The molecule has 2 N–H and O–H groups in total. The molecule has 4 nitrogen and oxygen atoms in total. The van der Waals surface area contributed by atoms with Gasteiger partial charge in [-0.2, -0.15) is 0 Å². The summed E-state index contributed by atoms with van der Waals surface area (Å²) in [6, 6.07) is 10.1. The lowest BCUT2D eigenvalue weighted by molar-refractivity contribution is -0.274. The second-order valence-corrected chi connectivity index (χ2v) is 5.23. The van der Waals surface area contributed by atoms with Gasteiger partial charge < -0.3 is 15.2 Å². The summed E-state index contributed by atoms with van der Waals surface area (Å²) in [5.41, 5.74) is 0.654. The van der Waals surface area contributed by atoms with E-state index in [1.54, 1.807) is 6.07 Å². The van der Waals surface area contributed by atoms with Crippen LogP contribution >= 0.6 is 0 Å². The summed E-state index contributed by atoms with van der Waals surface area (Å²) < 4.78 is 53.0. The van der Waals surface area contributed by atoms with Crippen LogP contribution in [0, 0.1) is 5.82 Å². The molecular weight excluding hydrogens is 342 g/mol. The molecule has 0 radical (unpaired) electrons. The van der Waals surface area contributed by atoms with Crippen LogP contribution in [0.1, 0.15) is 24.5 Å². The quantitative estimate of drug-likeness (QED) is 0.763. The Morgan fingerprint density at radius 3 is 2.44 bits per heavy atom. The van der Waals surface area contributed by atoms with Gasteiger partial charge in [-0.3, -0.25) is 4.79 Å². The van der Waals surface area contributed by atoms with Crippen LogP contribution in [0.25, 0.3) is 0 Å². The molecule has 0 aromatic heterocycles. The molecule has 2 aromatic rings. The fourth-order valence-electron chi connectivity index (χ4n) is 2.11. The maximum atomic E-state index is 13.1. The van der Waals surface area contributed by atoms with Crippen molar-refractivity contribution in [2.45, 2.75) is 25.3 Å². The van der Waals surface area contributed by atoms with Crippen LogP contribution < -0.4 is 10.1 Å². The number of carbonyl (C=O) groups excluding carboxylic acids is 1. The first kappa shape index (κ1) is 18.7. The lowest BCUT2D eigenvalue weighted by Gasteiger charge is -2.12. The Labute approximate surface area is 141 Å². The number of alkyl halides is 3. The van der Waals surface area contributed by atoms with E-state index in [0.29, 0.717) is 11.3 Å². The van der Waals surface area contributed by atoms with E-state index < -0.39 is 29.9 Å². The average molecular weight is 357 g/mol. The lowest BCUT2D eigenvalue weighted by atomic mass is 10.0. The smallest absolute Gasteiger partial charge is 0.406 e. The van der Waals surface area contributed by atoms with Gasteiger partial charge in [-0.05, 0) is 48.4 Å². The summed E-state index contributed by atoms with van der Waals surface area (Å²) in [5.74, 6) is -1.31. The number of nitrogens with one attached hydrogen (secondary N) is 1. The van der Waals surface area contributed by atoms with E-state index in [2.05, 4.69) is 10.1 Å². The molecule has 0 saturated carbocycles. The third-order valence-corrected chi connectivity index (χ3v) is 3.25. The fraction of sp³-hybridized carbons (Fsp3) is 0.235. The Morgan fingerprint density at radius 1 is 1.16 bits per heavy atom. The van der Waals surface area contributed by atoms with Gasteiger partial charge in [0.1, 0.15) is 11.6 Å². The first-order valence-electron chi connectivity index (χ1n) is 7.32. The standard InChI is InChI=1S/C17H15F4NO3/c18-12-3-1-2-11(10-12)15(23)8-9-16(24)22-13-4-6-14(7-5-13)25-17(19,20)21/h1-7,10,15,23H,8-9H2,(H,22,24). The largest absolute Gasteiger partial charge is 0.573 e. The first-order chi connectivity index (χ1) is 11.7. The monoisotopic (exact) mass is 357 g/mol. The van der Waals surface area contributed by atoms with Crippen LogP contribution in [0.5, 0.6) is 5.75 Å². The van der Waals surface area contributed by atoms with Crippen molar-refractivity contribution in [1.29, 1.82) is 0 Å². The predicted octanol–water partition coefficient (Wildman–Crippen LogP) is 4.18. The van der Waals surface area contributed by atoms with E-state index in [4.69, 9.17) is 0 Å². The third-order valence-electron chi connectivity index (χ3n) is 3.25. The lowest BCUT2D eigenvalue weighted by Crippen LogP contribution is -2.17. The normalized spacial score (nSPS) is 12.5. The number of ether oxygens (including phenoxy) is 1. The molecule has 1 amide bonds. The number of benzene rings is 2. The third kappa shape index (κ3) is 6.42. The summed E-state index contributed by atoms with van der Waals surface area (Å²) in [4.78, 5) is 11.8. The van der Waals surface area contributed by atoms with Gasteiger partial charge in [-0.15, -0.1) is 13.2 Å². The molecule has 1 unspecified atom stereocenters. The molecule has 0 aliphatic rings. The molecule has 0 fully saturated rings. The minimum atomic E-state index is -4.78. The molecule has 0 heterocycles. The van der Waals surface area contributed by atoms with Gasteiger partial charge in [0.05, 0.1) is 6.10 Å². The molecule has 0 saturated heterocycles. The molecule has 8 heteroatoms. The molecule has 2 rings (SSSR count). The van der Waals surface area contributed by atoms with Crippen LogP contribution in [0.4, 0.5) is 23.2 Å². The summed E-state index contributed by atoms with van der Waals surface area (Å²) in [6.07, 6.45) is -5.75. The number of amides is 1. The number of aliphatic hydroxyl groups excluding tert-OH is 1. The summed E-state index contributed by atoms with van der Waals surface area (Å²) in [5, 5.41) is 12.4. The SMILES string of the molecule is O=C(CCC(O)c1cccc(F)c1)Nc1ccc(OC(F)(F)F)cc1. The second kappa shape index (κ2) is 7.98. The van der Waals surface area contributed by atoms with Crippen LogP contribution in [0.15, 0.2) is 48.5 Å². The Balaban J connectivity index is 1.84. The predicted molar refractivity (Wildman–Crippen MR) is 82.3 cm³/mol. The average Bonchev–Trinajstić information content (AvgIpc) is 2.53. The molecule has 1 atom stereocenters. The van der Waals surface area contributed by atoms with E-state index >= 15 is 0 Å². The topological polar surface area (TPSA) is 58.6 Å². The number of hydrogen-bond donors (Lipinski definition) is 2. The van der Waals surface area contributed by atoms with Crippen molar-refractivity contribution in [2.75, 3.05) is 5.32 Å². The Kier molecular flexibility index (Phi) is 5.97. The van der Waals surface area contributed by atoms with Crippen LogP contribution in [-0.2, 0) is 4.79 Å². The Morgan fingerprint density at radius 2 is 1.84 bits per heavy atom. The number of halogens is 4. The van der Waals surface area contributed by atoms with Crippen LogP contribution in [0.3, 0.4) is 0 Å². The van der Waals surface area contributed by atoms with Crippen molar-refractivity contribution in [1.82, 2.24) is 0 Å². The van der Waals surface area contributed by atoms with E-state index in [-0.39, 0.29) is 12.8 Å². The summed E-state index contributed by atoms with van der Waals surface area (Å²) >= 11 is 0. The zero-order valence-corrected chi connectivity index (χ0v) is 12.9. The molecule has 134 valence electrons. The van der Waals surface area contributed by atoms with E-state index in [1.807, 2.05) is 0 Å².